The predicted octanol–water partition coefficient (Wildman–Crippen LogP) is -1.01. The summed E-state index contributed by atoms with van der Waals surface area (Å²) in [7, 11) is 0. The summed E-state index contributed by atoms with van der Waals surface area (Å²) in [5.74, 6) is 1.49. The van der Waals surface area contributed by atoms with Crippen LogP contribution in [0.5, 0.6) is 0 Å². The fourth-order valence-corrected chi connectivity index (χ4v) is 1.83. The smallest absolute Gasteiger partial charge is 0.278 e. The molecule has 3 rings (SSSR count). The largest absolute Gasteiger partial charge is 0.369 e. The van der Waals surface area contributed by atoms with Crippen molar-refractivity contribution in [2.45, 2.75) is 6.42 Å². The summed E-state index contributed by atoms with van der Waals surface area (Å²) < 4.78 is 0. The van der Waals surface area contributed by atoms with E-state index in [0.29, 0.717) is 17.1 Å². The molecule has 0 unspecified atom stereocenters. The highest BCUT2D eigenvalue weighted by Gasteiger charge is 2.19. The molecule has 7 heteroatoms. The number of hydrogen-bond donors (Lipinski definition) is 4. The second kappa shape index (κ2) is 3.31. The van der Waals surface area contributed by atoms with Crippen LogP contribution in [-0.4, -0.2) is 33.0 Å². The van der Waals surface area contributed by atoms with E-state index in [1.165, 1.54) is 0 Å². The number of nitrogens with two attached hydrogens (primary N) is 1. The van der Waals surface area contributed by atoms with Crippen molar-refractivity contribution in [3.05, 3.63) is 16.2 Å². The first-order chi connectivity index (χ1) is 7.72. The van der Waals surface area contributed by atoms with Crippen molar-refractivity contribution in [3.63, 3.8) is 0 Å². The molecule has 0 atom stereocenters. The number of nitrogens with one attached hydrogen (secondary N) is 3. The molecule has 3 heterocycles. The van der Waals surface area contributed by atoms with Crippen LogP contribution >= 0.6 is 0 Å². The predicted molar refractivity (Wildman–Crippen MR) is 59.0 cm³/mol. The molecule has 0 radical (unpaired) electrons. The van der Waals surface area contributed by atoms with Gasteiger partial charge in [0.25, 0.3) is 5.56 Å². The maximum Gasteiger partial charge on any atom is 0.278 e. The fraction of sp³-hybridized carbons (Fsp3) is 0.444. The maximum atomic E-state index is 11.5. The van der Waals surface area contributed by atoms with Crippen LogP contribution in [0.25, 0.3) is 11.2 Å². The number of imidazole rings is 1. The summed E-state index contributed by atoms with van der Waals surface area (Å²) >= 11 is 0. The Morgan fingerprint density at radius 2 is 2.12 bits per heavy atom. The summed E-state index contributed by atoms with van der Waals surface area (Å²) in [6.45, 7) is 2.01. The highest BCUT2D eigenvalue weighted by atomic mass is 16.1. The van der Waals surface area contributed by atoms with Crippen molar-refractivity contribution in [2.75, 3.05) is 18.8 Å². The molecule has 1 aliphatic heterocycles. The minimum Gasteiger partial charge on any atom is -0.369 e. The zero-order chi connectivity index (χ0) is 11.1. The van der Waals surface area contributed by atoms with Gasteiger partial charge in [-0.15, -0.1) is 0 Å². The summed E-state index contributed by atoms with van der Waals surface area (Å²) in [6.07, 6.45) is 0.836. The highest BCUT2D eigenvalue weighted by molar-refractivity contribution is 5.70. The Labute approximate surface area is 90.5 Å². The standard InChI is InChI=1S/C9H12N6O/c10-9-14-7-6(8(16)15-9)12-5(13-7)1-4-2-11-3-4/h4,11H,1-3H2,(H4,10,12,13,14,15,16). The third-order valence-electron chi connectivity index (χ3n) is 2.78. The average molecular weight is 220 g/mol. The number of H-pyrrole nitrogens is 2. The lowest BCUT2D eigenvalue weighted by Gasteiger charge is -2.25. The molecular weight excluding hydrogens is 208 g/mol. The number of rotatable bonds is 2. The Morgan fingerprint density at radius 3 is 2.81 bits per heavy atom. The molecular formula is C9H12N6O. The van der Waals surface area contributed by atoms with E-state index in [-0.39, 0.29) is 11.5 Å². The highest BCUT2D eigenvalue weighted by Crippen LogP contribution is 2.12. The summed E-state index contributed by atoms with van der Waals surface area (Å²) in [5, 5.41) is 3.19. The third-order valence-corrected chi connectivity index (χ3v) is 2.78. The molecule has 1 aliphatic rings. The number of hydrogen-bond acceptors (Lipinski definition) is 5. The molecule has 0 aliphatic carbocycles. The second-order valence-corrected chi connectivity index (χ2v) is 4.06. The molecule has 0 saturated carbocycles. The first kappa shape index (κ1) is 9.34. The number of nitrogens with zero attached hydrogens (tertiary/aromatic N) is 2. The van der Waals surface area contributed by atoms with Gasteiger partial charge in [0.1, 0.15) is 5.82 Å². The van der Waals surface area contributed by atoms with Gasteiger partial charge < -0.3 is 16.0 Å². The number of nitrogen functional groups attached to an aromatic ring is 1. The van der Waals surface area contributed by atoms with E-state index < -0.39 is 0 Å². The van der Waals surface area contributed by atoms with Crippen molar-refractivity contribution in [3.8, 4) is 0 Å². The molecule has 16 heavy (non-hydrogen) atoms. The van der Waals surface area contributed by atoms with Crippen LogP contribution in [-0.2, 0) is 6.42 Å². The van der Waals surface area contributed by atoms with Crippen LogP contribution < -0.4 is 16.6 Å². The third kappa shape index (κ3) is 1.45. The summed E-state index contributed by atoms with van der Waals surface area (Å²) in [5.41, 5.74) is 5.96. The SMILES string of the molecule is Nc1nc2nc(CC3CNC3)[nH]c2c(=O)[nH]1. The topological polar surface area (TPSA) is 112 Å². The minimum atomic E-state index is -0.270. The van der Waals surface area contributed by atoms with Gasteiger partial charge in [0.15, 0.2) is 11.2 Å². The van der Waals surface area contributed by atoms with E-state index in [1.54, 1.807) is 0 Å². The van der Waals surface area contributed by atoms with Gasteiger partial charge >= 0.3 is 0 Å². The van der Waals surface area contributed by atoms with Gasteiger partial charge in [0, 0.05) is 6.42 Å². The van der Waals surface area contributed by atoms with Crippen molar-refractivity contribution >= 4 is 17.1 Å². The Bertz CT molecular complexity index is 581. The van der Waals surface area contributed by atoms with Crippen LogP contribution in [0, 0.1) is 5.92 Å². The lowest BCUT2D eigenvalue weighted by atomic mass is 9.99. The van der Waals surface area contributed by atoms with Crippen molar-refractivity contribution < 1.29 is 0 Å². The van der Waals surface area contributed by atoms with E-state index in [0.717, 1.165) is 25.3 Å². The van der Waals surface area contributed by atoms with Gasteiger partial charge in [-0.25, -0.2) is 4.98 Å². The van der Waals surface area contributed by atoms with E-state index >= 15 is 0 Å². The maximum absolute atomic E-state index is 11.5. The lowest BCUT2D eigenvalue weighted by molar-refractivity contribution is 0.342. The van der Waals surface area contributed by atoms with Gasteiger partial charge in [-0.3, -0.25) is 9.78 Å². The zero-order valence-electron chi connectivity index (χ0n) is 8.58. The normalized spacial score (nSPS) is 16.5. The van der Waals surface area contributed by atoms with E-state index in [4.69, 9.17) is 5.73 Å². The minimum absolute atomic E-state index is 0.0980. The van der Waals surface area contributed by atoms with Crippen LogP contribution in [0.15, 0.2) is 4.79 Å². The molecule has 0 bridgehead atoms. The van der Waals surface area contributed by atoms with Crippen molar-refractivity contribution in [1.29, 1.82) is 0 Å². The van der Waals surface area contributed by atoms with E-state index in [2.05, 4.69) is 25.3 Å². The van der Waals surface area contributed by atoms with E-state index in [1.807, 2.05) is 0 Å². The first-order valence-electron chi connectivity index (χ1n) is 5.17. The first-order valence-corrected chi connectivity index (χ1v) is 5.17. The van der Waals surface area contributed by atoms with Crippen LogP contribution in [0.3, 0.4) is 0 Å². The fourth-order valence-electron chi connectivity index (χ4n) is 1.83. The molecule has 2 aromatic heterocycles. The number of fused-ring (bicyclic) bond motifs is 1. The molecule has 7 nitrogen and oxygen atoms in total. The molecule has 0 aromatic carbocycles. The summed E-state index contributed by atoms with van der Waals surface area (Å²) in [4.78, 5) is 25.2. The molecule has 2 aromatic rings. The Hall–Kier alpha value is -1.89. The Kier molecular flexibility index (Phi) is 1.93. The van der Waals surface area contributed by atoms with Gasteiger partial charge in [-0.2, -0.15) is 4.98 Å². The molecule has 5 N–H and O–H groups in total. The molecule has 1 fully saturated rings. The average Bonchev–Trinajstić information content (AvgIpc) is 2.54. The summed E-state index contributed by atoms with van der Waals surface area (Å²) in [6, 6.07) is 0. The van der Waals surface area contributed by atoms with Crippen LogP contribution in [0.2, 0.25) is 0 Å². The van der Waals surface area contributed by atoms with Crippen LogP contribution in [0.1, 0.15) is 5.82 Å². The van der Waals surface area contributed by atoms with Crippen molar-refractivity contribution in [1.82, 2.24) is 25.3 Å². The molecule has 84 valence electrons. The second-order valence-electron chi connectivity index (χ2n) is 4.06. The van der Waals surface area contributed by atoms with E-state index in [9.17, 15) is 4.79 Å². The molecule has 1 saturated heterocycles. The number of aromatic nitrogens is 4. The van der Waals surface area contributed by atoms with Crippen molar-refractivity contribution in [2.24, 2.45) is 5.92 Å². The Morgan fingerprint density at radius 1 is 1.31 bits per heavy atom. The quantitative estimate of drug-likeness (QED) is 0.518. The number of aromatic amines is 2. The van der Waals surface area contributed by atoms with Gasteiger partial charge in [-0.1, -0.05) is 0 Å². The molecule has 0 spiro atoms. The van der Waals surface area contributed by atoms with Gasteiger partial charge in [0.2, 0.25) is 5.95 Å². The molecule has 0 amide bonds. The Balaban J connectivity index is 2.01. The monoisotopic (exact) mass is 220 g/mol. The lowest BCUT2D eigenvalue weighted by Crippen LogP contribution is -2.43. The number of anilines is 1. The van der Waals surface area contributed by atoms with Gasteiger partial charge in [-0.05, 0) is 19.0 Å². The zero-order valence-corrected chi connectivity index (χ0v) is 8.58. The van der Waals surface area contributed by atoms with Crippen LogP contribution in [0.4, 0.5) is 5.95 Å². The van der Waals surface area contributed by atoms with Gasteiger partial charge in [0.05, 0.1) is 0 Å².